The predicted octanol–water partition coefficient (Wildman–Crippen LogP) is 3.26. The molecule has 0 saturated carbocycles. The molecule has 3 rings (SSSR count). The second kappa shape index (κ2) is 4.89. The Labute approximate surface area is 117 Å². The van der Waals surface area contributed by atoms with Crippen LogP contribution in [0.15, 0.2) is 42.6 Å². The monoisotopic (exact) mass is 268 g/mol. The number of ether oxygens (including phenoxy) is 2. The largest absolute Gasteiger partial charge is 0.497 e. The molecule has 0 N–H and O–H groups in total. The van der Waals surface area contributed by atoms with Crippen molar-refractivity contribution in [1.29, 1.82) is 0 Å². The van der Waals surface area contributed by atoms with Crippen LogP contribution in [0.5, 0.6) is 11.5 Å². The molecule has 0 radical (unpaired) electrons. The van der Waals surface area contributed by atoms with Gasteiger partial charge in [0.2, 0.25) is 0 Å². The summed E-state index contributed by atoms with van der Waals surface area (Å²) in [5.41, 5.74) is 3.04. The quantitative estimate of drug-likeness (QED) is 0.731. The minimum atomic E-state index is 0.777. The van der Waals surface area contributed by atoms with Gasteiger partial charge < -0.3 is 9.47 Å². The van der Waals surface area contributed by atoms with Gasteiger partial charge in [-0.25, -0.2) is 0 Å². The van der Waals surface area contributed by atoms with Gasteiger partial charge in [-0.1, -0.05) is 18.2 Å². The zero-order valence-corrected chi connectivity index (χ0v) is 11.8. The van der Waals surface area contributed by atoms with E-state index in [9.17, 15) is 0 Å². The maximum absolute atomic E-state index is 5.48. The van der Waals surface area contributed by atoms with Gasteiger partial charge in [-0.15, -0.1) is 0 Å². The van der Waals surface area contributed by atoms with E-state index < -0.39 is 0 Å². The first-order chi connectivity index (χ1) is 9.72. The zero-order chi connectivity index (χ0) is 14.1. The molecule has 0 saturated heterocycles. The third-order valence-corrected chi connectivity index (χ3v) is 3.35. The summed E-state index contributed by atoms with van der Waals surface area (Å²) < 4.78 is 12.5. The second-order valence-electron chi connectivity index (χ2n) is 4.61. The Bertz CT molecular complexity index is 762. The summed E-state index contributed by atoms with van der Waals surface area (Å²) >= 11 is 0. The van der Waals surface area contributed by atoms with Crippen LogP contribution in [0.4, 0.5) is 0 Å². The Kier molecular flexibility index (Phi) is 3.06. The molecule has 20 heavy (non-hydrogen) atoms. The van der Waals surface area contributed by atoms with E-state index >= 15 is 0 Å². The van der Waals surface area contributed by atoms with E-state index in [1.165, 1.54) is 0 Å². The van der Waals surface area contributed by atoms with Crippen LogP contribution in [0.1, 0.15) is 0 Å². The van der Waals surface area contributed by atoms with E-state index in [0.717, 1.165) is 33.5 Å². The molecule has 0 atom stereocenters. The number of benzene rings is 2. The molecule has 0 aliphatic heterocycles. The topological polar surface area (TPSA) is 36.3 Å². The lowest BCUT2D eigenvalue weighted by atomic mass is 10.0. The highest BCUT2D eigenvalue weighted by Gasteiger charge is 2.12. The summed E-state index contributed by atoms with van der Waals surface area (Å²) in [6, 6.07) is 12.0. The van der Waals surface area contributed by atoms with Crippen LogP contribution in [-0.4, -0.2) is 24.0 Å². The number of aromatic nitrogens is 2. The number of aryl methyl sites for hydroxylation is 1. The number of nitrogens with zero attached hydrogens (tertiary/aromatic N) is 2. The molecule has 0 bridgehead atoms. The van der Waals surface area contributed by atoms with E-state index in [2.05, 4.69) is 17.2 Å². The molecule has 4 heteroatoms. The zero-order valence-electron chi connectivity index (χ0n) is 11.8. The van der Waals surface area contributed by atoms with Gasteiger partial charge in [0.25, 0.3) is 0 Å². The van der Waals surface area contributed by atoms with Crippen molar-refractivity contribution in [3.63, 3.8) is 0 Å². The third kappa shape index (κ3) is 1.99. The Hall–Kier alpha value is -2.49. The molecule has 3 aromatic rings. The maximum atomic E-state index is 5.48. The summed E-state index contributed by atoms with van der Waals surface area (Å²) in [4.78, 5) is 0. The van der Waals surface area contributed by atoms with Gasteiger partial charge in [0.1, 0.15) is 17.0 Å². The molecule has 102 valence electrons. The molecule has 1 aromatic heterocycles. The van der Waals surface area contributed by atoms with Crippen molar-refractivity contribution in [2.24, 2.45) is 7.05 Å². The number of hydrogen-bond donors (Lipinski definition) is 0. The highest BCUT2D eigenvalue weighted by Crippen LogP contribution is 2.36. The Morgan fingerprint density at radius 1 is 1.00 bits per heavy atom. The first kappa shape index (κ1) is 12.5. The highest BCUT2D eigenvalue weighted by molar-refractivity contribution is 5.95. The summed E-state index contributed by atoms with van der Waals surface area (Å²) in [7, 11) is 5.24. The van der Waals surface area contributed by atoms with Crippen LogP contribution in [0, 0.1) is 0 Å². The van der Waals surface area contributed by atoms with Crippen molar-refractivity contribution < 1.29 is 9.47 Å². The van der Waals surface area contributed by atoms with Crippen LogP contribution in [-0.2, 0) is 7.05 Å². The average molecular weight is 268 g/mol. The van der Waals surface area contributed by atoms with Crippen LogP contribution >= 0.6 is 0 Å². The van der Waals surface area contributed by atoms with Gasteiger partial charge in [-0.2, -0.15) is 5.10 Å². The van der Waals surface area contributed by atoms with Gasteiger partial charge in [0.05, 0.1) is 14.2 Å². The standard InChI is InChI=1S/C16H16N2O2/c1-18-10-11-5-4-6-14(16(11)17-18)13-8-7-12(19-2)9-15(13)20-3/h4-10H,1-3H3. The van der Waals surface area contributed by atoms with Crippen LogP contribution in [0.25, 0.3) is 22.0 Å². The van der Waals surface area contributed by atoms with Gasteiger partial charge in [0, 0.05) is 35.8 Å². The van der Waals surface area contributed by atoms with Crippen molar-refractivity contribution in [1.82, 2.24) is 9.78 Å². The summed E-state index contributed by atoms with van der Waals surface area (Å²) in [6.07, 6.45) is 2.01. The molecule has 0 aliphatic rings. The Balaban J connectivity index is 2.25. The number of fused-ring (bicyclic) bond motifs is 1. The fourth-order valence-corrected chi connectivity index (χ4v) is 2.40. The van der Waals surface area contributed by atoms with Gasteiger partial charge >= 0.3 is 0 Å². The van der Waals surface area contributed by atoms with Crippen molar-refractivity contribution in [3.05, 3.63) is 42.6 Å². The van der Waals surface area contributed by atoms with Gasteiger partial charge in [-0.3, -0.25) is 4.68 Å². The molecule has 0 fully saturated rings. The molecule has 2 aromatic carbocycles. The highest BCUT2D eigenvalue weighted by atomic mass is 16.5. The van der Waals surface area contributed by atoms with Crippen molar-refractivity contribution in [2.45, 2.75) is 0 Å². The molecule has 1 heterocycles. The van der Waals surface area contributed by atoms with E-state index in [-0.39, 0.29) is 0 Å². The lowest BCUT2D eigenvalue weighted by molar-refractivity contribution is 0.395. The first-order valence-corrected chi connectivity index (χ1v) is 6.37. The van der Waals surface area contributed by atoms with E-state index in [1.807, 2.05) is 42.2 Å². The van der Waals surface area contributed by atoms with Gasteiger partial charge in [-0.05, 0) is 12.1 Å². The van der Waals surface area contributed by atoms with Crippen LogP contribution in [0.2, 0.25) is 0 Å². The summed E-state index contributed by atoms with van der Waals surface area (Å²) in [6.45, 7) is 0. The normalized spacial score (nSPS) is 10.8. The number of hydrogen-bond acceptors (Lipinski definition) is 3. The molecular weight excluding hydrogens is 252 g/mol. The second-order valence-corrected chi connectivity index (χ2v) is 4.61. The van der Waals surface area contributed by atoms with Crippen molar-refractivity contribution >= 4 is 10.9 Å². The number of rotatable bonds is 3. The Morgan fingerprint density at radius 2 is 1.85 bits per heavy atom. The van der Waals surface area contributed by atoms with E-state index in [1.54, 1.807) is 14.2 Å². The molecule has 0 unspecified atom stereocenters. The average Bonchev–Trinajstić information content (AvgIpc) is 2.86. The maximum Gasteiger partial charge on any atom is 0.130 e. The van der Waals surface area contributed by atoms with E-state index in [4.69, 9.17) is 9.47 Å². The SMILES string of the molecule is COc1ccc(-c2cccc3cn(C)nc23)c(OC)c1. The summed E-state index contributed by atoms with van der Waals surface area (Å²) in [5.74, 6) is 1.56. The molecule has 4 nitrogen and oxygen atoms in total. The summed E-state index contributed by atoms with van der Waals surface area (Å²) in [5, 5.41) is 5.65. The smallest absolute Gasteiger partial charge is 0.130 e. The lowest BCUT2D eigenvalue weighted by Crippen LogP contribution is -1.91. The van der Waals surface area contributed by atoms with E-state index in [0.29, 0.717) is 0 Å². The fourth-order valence-electron chi connectivity index (χ4n) is 2.40. The Morgan fingerprint density at radius 3 is 2.60 bits per heavy atom. The van der Waals surface area contributed by atoms with Crippen molar-refractivity contribution in [2.75, 3.05) is 14.2 Å². The lowest BCUT2D eigenvalue weighted by Gasteiger charge is -2.11. The van der Waals surface area contributed by atoms with Crippen molar-refractivity contribution in [3.8, 4) is 22.6 Å². The molecule has 0 aliphatic carbocycles. The molecule has 0 amide bonds. The predicted molar refractivity (Wildman–Crippen MR) is 79.3 cm³/mol. The van der Waals surface area contributed by atoms with Gasteiger partial charge in [0.15, 0.2) is 0 Å². The first-order valence-electron chi connectivity index (χ1n) is 6.37. The molecular formula is C16H16N2O2. The molecule has 0 spiro atoms. The number of methoxy groups -OCH3 is 2. The third-order valence-electron chi connectivity index (χ3n) is 3.35. The fraction of sp³-hybridized carbons (Fsp3) is 0.188. The van der Waals surface area contributed by atoms with Crippen LogP contribution < -0.4 is 9.47 Å². The minimum absolute atomic E-state index is 0.777. The minimum Gasteiger partial charge on any atom is -0.497 e. The van der Waals surface area contributed by atoms with Crippen LogP contribution in [0.3, 0.4) is 0 Å².